The Kier molecular flexibility index (Phi) is 3.98. The maximum atomic E-state index is 12.0. The molecule has 1 fully saturated rings. The van der Waals surface area contributed by atoms with E-state index in [1.165, 1.54) is 18.4 Å². The van der Waals surface area contributed by atoms with Crippen molar-refractivity contribution in [1.82, 2.24) is 0 Å². The van der Waals surface area contributed by atoms with Crippen LogP contribution in [0.1, 0.15) is 23.0 Å². The summed E-state index contributed by atoms with van der Waals surface area (Å²) in [4.78, 5) is 23.9. The monoisotopic (exact) mass is 269 g/mol. The largest absolute Gasteiger partial charge is 0.465 e. The third kappa shape index (κ3) is 2.54. The Labute approximate surface area is 109 Å². The molecule has 2 unspecified atom stereocenters. The second-order valence-electron chi connectivity index (χ2n) is 4.20. The molecule has 0 radical (unpaired) electrons. The Morgan fingerprint density at radius 2 is 2.33 bits per heavy atom. The van der Waals surface area contributed by atoms with Crippen LogP contribution in [0, 0.1) is 5.92 Å². The van der Waals surface area contributed by atoms with Gasteiger partial charge in [0.05, 0.1) is 12.8 Å². The van der Waals surface area contributed by atoms with E-state index in [1.807, 2.05) is 6.92 Å². The number of methoxy groups -OCH3 is 1. The van der Waals surface area contributed by atoms with Gasteiger partial charge in [0.2, 0.25) is 0 Å². The number of thiophene rings is 1. The van der Waals surface area contributed by atoms with Crippen LogP contribution in [0.5, 0.6) is 0 Å². The van der Waals surface area contributed by atoms with E-state index >= 15 is 0 Å². The van der Waals surface area contributed by atoms with Crippen molar-refractivity contribution < 1.29 is 19.1 Å². The van der Waals surface area contributed by atoms with Gasteiger partial charge in [-0.05, 0) is 23.8 Å². The Balaban J connectivity index is 2.07. The average molecular weight is 269 g/mol. The first-order valence-corrected chi connectivity index (χ1v) is 6.59. The number of hydrogen-bond acceptors (Lipinski definition) is 5. The van der Waals surface area contributed by atoms with Crippen molar-refractivity contribution in [3.05, 3.63) is 16.3 Å². The average Bonchev–Trinajstić information content (AvgIpc) is 2.97. The van der Waals surface area contributed by atoms with Crippen LogP contribution in [-0.4, -0.2) is 31.7 Å². The predicted molar refractivity (Wildman–Crippen MR) is 67.8 cm³/mol. The van der Waals surface area contributed by atoms with Crippen molar-refractivity contribution in [1.29, 1.82) is 0 Å². The van der Waals surface area contributed by atoms with Crippen molar-refractivity contribution in [2.45, 2.75) is 19.4 Å². The van der Waals surface area contributed by atoms with Crippen LogP contribution < -0.4 is 5.32 Å². The third-order valence-electron chi connectivity index (χ3n) is 2.94. The first kappa shape index (κ1) is 13.0. The number of carbonyl (C=O) groups excluding carboxylic acids is 2. The van der Waals surface area contributed by atoms with Crippen molar-refractivity contribution in [3.8, 4) is 0 Å². The second-order valence-corrected chi connectivity index (χ2v) is 5.12. The van der Waals surface area contributed by atoms with Gasteiger partial charge in [0.25, 0.3) is 5.91 Å². The summed E-state index contributed by atoms with van der Waals surface area (Å²) in [6.07, 6.45) is 0.446. The standard InChI is InChI=1S/C12H15NO4S/c1-7-3-5-17-9(7)11(14)13-8-4-6-18-10(8)12(15)16-2/h4,6-7,9H,3,5H2,1-2H3,(H,13,14). The zero-order valence-electron chi connectivity index (χ0n) is 10.3. The highest BCUT2D eigenvalue weighted by Crippen LogP contribution is 2.26. The number of carbonyl (C=O) groups is 2. The quantitative estimate of drug-likeness (QED) is 0.851. The molecule has 1 aliphatic rings. The first-order valence-electron chi connectivity index (χ1n) is 5.71. The van der Waals surface area contributed by atoms with Gasteiger partial charge in [-0.2, -0.15) is 0 Å². The Bertz CT molecular complexity index is 457. The molecule has 2 atom stereocenters. The zero-order valence-corrected chi connectivity index (χ0v) is 11.1. The Morgan fingerprint density at radius 1 is 1.56 bits per heavy atom. The van der Waals surface area contributed by atoms with E-state index in [0.29, 0.717) is 17.2 Å². The van der Waals surface area contributed by atoms with E-state index < -0.39 is 12.1 Å². The molecule has 2 rings (SSSR count). The molecule has 1 N–H and O–H groups in total. The topological polar surface area (TPSA) is 64.6 Å². The summed E-state index contributed by atoms with van der Waals surface area (Å²) in [5, 5.41) is 4.46. The fourth-order valence-electron chi connectivity index (χ4n) is 1.89. The molecule has 0 bridgehead atoms. The number of rotatable bonds is 3. The van der Waals surface area contributed by atoms with E-state index in [9.17, 15) is 9.59 Å². The minimum atomic E-state index is -0.444. The molecule has 0 aliphatic carbocycles. The van der Waals surface area contributed by atoms with Crippen molar-refractivity contribution in [3.63, 3.8) is 0 Å². The van der Waals surface area contributed by atoms with Gasteiger partial charge < -0.3 is 14.8 Å². The third-order valence-corrected chi connectivity index (χ3v) is 3.83. The molecule has 6 heteroatoms. The van der Waals surface area contributed by atoms with Gasteiger partial charge in [-0.15, -0.1) is 11.3 Å². The van der Waals surface area contributed by atoms with Crippen LogP contribution in [0.2, 0.25) is 0 Å². The Morgan fingerprint density at radius 3 is 2.94 bits per heavy atom. The molecule has 0 saturated carbocycles. The van der Waals surface area contributed by atoms with Crippen LogP contribution in [0.3, 0.4) is 0 Å². The summed E-state index contributed by atoms with van der Waals surface area (Å²) in [6.45, 7) is 2.58. The molecule has 1 aliphatic heterocycles. The number of amides is 1. The van der Waals surface area contributed by atoms with Gasteiger partial charge >= 0.3 is 5.97 Å². The first-order chi connectivity index (χ1) is 8.63. The minimum absolute atomic E-state index is 0.199. The molecule has 0 spiro atoms. The zero-order chi connectivity index (χ0) is 13.1. The Hall–Kier alpha value is -1.40. The molecule has 1 aromatic heterocycles. The summed E-state index contributed by atoms with van der Waals surface area (Å²) in [5.74, 6) is -0.450. The van der Waals surface area contributed by atoms with Gasteiger partial charge in [0.15, 0.2) is 0 Å². The van der Waals surface area contributed by atoms with Gasteiger partial charge in [-0.1, -0.05) is 6.92 Å². The van der Waals surface area contributed by atoms with Gasteiger partial charge in [-0.25, -0.2) is 4.79 Å². The summed E-state index contributed by atoms with van der Waals surface area (Å²) in [6, 6.07) is 1.69. The smallest absolute Gasteiger partial charge is 0.350 e. The number of anilines is 1. The molecular weight excluding hydrogens is 254 g/mol. The molecule has 1 aromatic rings. The molecule has 98 valence electrons. The number of hydrogen-bond donors (Lipinski definition) is 1. The lowest BCUT2D eigenvalue weighted by Crippen LogP contribution is -2.31. The highest BCUT2D eigenvalue weighted by molar-refractivity contribution is 7.12. The second kappa shape index (κ2) is 5.49. The van der Waals surface area contributed by atoms with Crippen molar-refractivity contribution in [2.24, 2.45) is 5.92 Å². The summed E-state index contributed by atoms with van der Waals surface area (Å²) in [7, 11) is 1.32. The predicted octanol–water partition coefficient (Wildman–Crippen LogP) is 1.90. The maximum Gasteiger partial charge on any atom is 0.350 e. The lowest BCUT2D eigenvalue weighted by atomic mass is 10.0. The van der Waals surface area contributed by atoms with Crippen molar-refractivity contribution >= 4 is 28.9 Å². The maximum absolute atomic E-state index is 12.0. The SMILES string of the molecule is COC(=O)c1sccc1NC(=O)C1OCCC1C. The van der Waals surface area contributed by atoms with Crippen LogP contribution in [0.25, 0.3) is 0 Å². The number of nitrogens with one attached hydrogen (secondary N) is 1. The molecule has 1 saturated heterocycles. The number of ether oxygens (including phenoxy) is 2. The van der Waals surface area contributed by atoms with Crippen molar-refractivity contribution in [2.75, 3.05) is 19.0 Å². The lowest BCUT2D eigenvalue weighted by molar-refractivity contribution is -0.126. The molecule has 2 heterocycles. The highest BCUT2D eigenvalue weighted by Gasteiger charge is 2.31. The van der Waals surface area contributed by atoms with Crippen LogP contribution >= 0.6 is 11.3 Å². The van der Waals surface area contributed by atoms with Crippen LogP contribution in [-0.2, 0) is 14.3 Å². The van der Waals surface area contributed by atoms with E-state index in [0.717, 1.165) is 6.42 Å². The molecule has 18 heavy (non-hydrogen) atoms. The normalized spacial score (nSPS) is 22.8. The van der Waals surface area contributed by atoms with E-state index in [4.69, 9.17) is 4.74 Å². The fourth-order valence-corrected chi connectivity index (χ4v) is 2.66. The van der Waals surface area contributed by atoms with Gasteiger partial charge in [0, 0.05) is 6.61 Å². The lowest BCUT2D eigenvalue weighted by Gasteiger charge is -2.14. The molecule has 0 aromatic carbocycles. The van der Waals surface area contributed by atoms with Crippen LogP contribution in [0.4, 0.5) is 5.69 Å². The molecule has 1 amide bonds. The van der Waals surface area contributed by atoms with Gasteiger partial charge in [0.1, 0.15) is 11.0 Å². The van der Waals surface area contributed by atoms with Gasteiger partial charge in [-0.3, -0.25) is 4.79 Å². The fraction of sp³-hybridized carbons (Fsp3) is 0.500. The van der Waals surface area contributed by atoms with E-state index in [-0.39, 0.29) is 11.8 Å². The summed E-state index contributed by atoms with van der Waals surface area (Å²) in [5.41, 5.74) is 0.486. The summed E-state index contributed by atoms with van der Waals surface area (Å²) >= 11 is 1.24. The van der Waals surface area contributed by atoms with Crippen LogP contribution in [0.15, 0.2) is 11.4 Å². The molecule has 5 nitrogen and oxygen atoms in total. The summed E-state index contributed by atoms with van der Waals surface area (Å²) < 4.78 is 10.0. The van der Waals surface area contributed by atoms with E-state index in [2.05, 4.69) is 10.1 Å². The van der Waals surface area contributed by atoms with E-state index in [1.54, 1.807) is 11.4 Å². The minimum Gasteiger partial charge on any atom is -0.465 e. The molecular formula is C12H15NO4S. The highest BCUT2D eigenvalue weighted by atomic mass is 32.1. The number of esters is 1.